The standard InChI is InChI=1S/C17H12FN5O2/c1-2-25-17(24)15-16(23-10-12(18)6-7-14(23)20-15)22-21-13-5-3-4-11(8-13)9-19/h3-8,10H,2H2,1H3. The van der Waals surface area contributed by atoms with Crippen LogP contribution in [0.4, 0.5) is 15.9 Å². The van der Waals surface area contributed by atoms with Crippen molar-refractivity contribution in [2.75, 3.05) is 6.61 Å². The number of pyridine rings is 1. The van der Waals surface area contributed by atoms with Crippen LogP contribution >= 0.6 is 0 Å². The Hall–Kier alpha value is -3.60. The van der Waals surface area contributed by atoms with Crippen LogP contribution in [-0.2, 0) is 4.74 Å². The second-order valence-electron chi connectivity index (χ2n) is 4.94. The summed E-state index contributed by atoms with van der Waals surface area (Å²) >= 11 is 0. The van der Waals surface area contributed by atoms with Gasteiger partial charge >= 0.3 is 5.97 Å². The number of azo groups is 1. The molecule has 0 atom stereocenters. The zero-order valence-electron chi connectivity index (χ0n) is 13.2. The number of carbonyl (C=O) groups is 1. The summed E-state index contributed by atoms with van der Waals surface area (Å²) in [6.45, 7) is 1.84. The van der Waals surface area contributed by atoms with Gasteiger partial charge in [-0.25, -0.2) is 14.2 Å². The van der Waals surface area contributed by atoms with Gasteiger partial charge in [-0.15, -0.1) is 10.2 Å². The molecule has 0 radical (unpaired) electrons. The number of nitrogens with zero attached hydrogens (tertiary/aromatic N) is 5. The number of ether oxygens (including phenoxy) is 1. The molecule has 0 aliphatic heterocycles. The van der Waals surface area contributed by atoms with E-state index in [9.17, 15) is 9.18 Å². The van der Waals surface area contributed by atoms with Crippen molar-refractivity contribution in [2.45, 2.75) is 6.92 Å². The average Bonchev–Trinajstić information content (AvgIpc) is 2.98. The summed E-state index contributed by atoms with van der Waals surface area (Å²) < 4.78 is 19.8. The first-order valence-electron chi connectivity index (χ1n) is 7.39. The molecule has 0 aliphatic carbocycles. The fourth-order valence-corrected chi connectivity index (χ4v) is 2.18. The van der Waals surface area contributed by atoms with Crippen molar-refractivity contribution < 1.29 is 13.9 Å². The summed E-state index contributed by atoms with van der Waals surface area (Å²) in [6, 6.07) is 11.1. The molecule has 0 bridgehead atoms. The van der Waals surface area contributed by atoms with Crippen LogP contribution in [0.5, 0.6) is 0 Å². The van der Waals surface area contributed by atoms with E-state index in [0.717, 1.165) is 6.20 Å². The number of rotatable bonds is 4. The monoisotopic (exact) mass is 337 g/mol. The van der Waals surface area contributed by atoms with Crippen LogP contribution in [0.3, 0.4) is 0 Å². The third kappa shape index (κ3) is 3.35. The van der Waals surface area contributed by atoms with Gasteiger partial charge in [0, 0.05) is 6.20 Å². The van der Waals surface area contributed by atoms with Crippen LogP contribution in [0.2, 0.25) is 0 Å². The van der Waals surface area contributed by atoms with Gasteiger partial charge in [0.1, 0.15) is 11.5 Å². The van der Waals surface area contributed by atoms with E-state index in [4.69, 9.17) is 10.00 Å². The topological polar surface area (TPSA) is 92.1 Å². The van der Waals surface area contributed by atoms with Crippen LogP contribution in [0.25, 0.3) is 5.65 Å². The molecule has 0 amide bonds. The number of esters is 1. The van der Waals surface area contributed by atoms with Crippen molar-refractivity contribution >= 4 is 23.1 Å². The van der Waals surface area contributed by atoms with E-state index in [0.29, 0.717) is 16.9 Å². The highest BCUT2D eigenvalue weighted by molar-refractivity contribution is 5.93. The Morgan fingerprint density at radius 3 is 2.96 bits per heavy atom. The molecule has 2 heterocycles. The van der Waals surface area contributed by atoms with Crippen LogP contribution in [0, 0.1) is 17.1 Å². The first-order chi connectivity index (χ1) is 12.1. The molecule has 0 unspecified atom stereocenters. The lowest BCUT2D eigenvalue weighted by Crippen LogP contribution is -2.05. The van der Waals surface area contributed by atoms with E-state index < -0.39 is 11.8 Å². The number of aromatic nitrogens is 2. The Bertz CT molecular complexity index is 1020. The summed E-state index contributed by atoms with van der Waals surface area (Å²) in [4.78, 5) is 16.2. The second kappa shape index (κ2) is 6.88. The van der Waals surface area contributed by atoms with Gasteiger partial charge in [-0.3, -0.25) is 4.40 Å². The summed E-state index contributed by atoms with van der Waals surface area (Å²) in [5.41, 5.74) is 1.11. The molecule has 2 aromatic heterocycles. The molecule has 0 fully saturated rings. The van der Waals surface area contributed by atoms with Crippen molar-refractivity contribution in [1.29, 1.82) is 5.26 Å². The molecule has 3 aromatic rings. The number of benzene rings is 1. The molecule has 0 aliphatic rings. The van der Waals surface area contributed by atoms with Gasteiger partial charge in [0.2, 0.25) is 0 Å². The summed E-state index contributed by atoms with van der Waals surface area (Å²) in [7, 11) is 0. The van der Waals surface area contributed by atoms with Crippen LogP contribution < -0.4 is 0 Å². The number of carbonyl (C=O) groups excluding carboxylic acids is 1. The number of imidazole rings is 1. The number of hydrogen-bond acceptors (Lipinski definition) is 6. The maximum atomic E-state index is 13.6. The van der Waals surface area contributed by atoms with Crippen molar-refractivity contribution in [3.05, 3.63) is 59.7 Å². The van der Waals surface area contributed by atoms with Gasteiger partial charge in [-0.1, -0.05) is 6.07 Å². The third-order valence-corrected chi connectivity index (χ3v) is 3.26. The van der Waals surface area contributed by atoms with Crippen molar-refractivity contribution in [3.8, 4) is 6.07 Å². The zero-order chi connectivity index (χ0) is 17.8. The van der Waals surface area contributed by atoms with Crippen LogP contribution in [-0.4, -0.2) is 22.0 Å². The Balaban J connectivity index is 2.10. The van der Waals surface area contributed by atoms with E-state index in [1.165, 1.54) is 22.6 Å². The van der Waals surface area contributed by atoms with E-state index in [1.54, 1.807) is 25.1 Å². The maximum absolute atomic E-state index is 13.6. The predicted octanol–water partition coefficient (Wildman–Crippen LogP) is 3.94. The first kappa shape index (κ1) is 16.3. The first-order valence-corrected chi connectivity index (χ1v) is 7.39. The summed E-state index contributed by atoms with van der Waals surface area (Å²) in [5.74, 6) is -1.13. The maximum Gasteiger partial charge on any atom is 0.360 e. The zero-order valence-corrected chi connectivity index (χ0v) is 13.2. The molecule has 0 saturated carbocycles. The summed E-state index contributed by atoms with van der Waals surface area (Å²) in [5, 5.41) is 17.0. The van der Waals surface area contributed by atoms with Gasteiger partial charge in [0.05, 0.1) is 23.9 Å². The predicted molar refractivity (Wildman–Crippen MR) is 86.4 cm³/mol. The molecular formula is C17H12FN5O2. The largest absolute Gasteiger partial charge is 0.461 e. The lowest BCUT2D eigenvalue weighted by atomic mass is 10.2. The Kier molecular flexibility index (Phi) is 4.48. The van der Waals surface area contributed by atoms with Gasteiger partial charge in [0.15, 0.2) is 11.5 Å². The highest BCUT2D eigenvalue weighted by Crippen LogP contribution is 2.25. The van der Waals surface area contributed by atoms with Gasteiger partial charge in [-0.05, 0) is 37.3 Å². The quantitative estimate of drug-likeness (QED) is 0.532. The lowest BCUT2D eigenvalue weighted by Gasteiger charge is -2.00. The highest BCUT2D eigenvalue weighted by Gasteiger charge is 2.20. The normalized spacial score (nSPS) is 10.9. The van der Waals surface area contributed by atoms with Gasteiger partial charge in [0.25, 0.3) is 0 Å². The molecule has 0 N–H and O–H groups in total. The fraction of sp³-hybridized carbons (Fsp3) is 0.118. The van der Waals surface area contributed by atoms with Gasteiger partial charge in [-0.2, -0.15) is 5.26 Å². The minimum atomic E-state index is -0.675. The molecule has 3 rings (SSSR count). The minimum Gasteiger partial charge on any atom is -0.461 e. The van der Waals surface area contributed by atoms with E-state index in [1.807, 2.05) is 6.07 Å². The number of nitriles is 1. The molecule has 25 heavy (non-hydrogen) atoms. The van der Waals surface area contributed by atoms with Crippen molar-refractivity contribution in [2.24, 2.45) is 10.2 Å². The smallest absolute Gasteiger partial charge is 0.360 e. The van der Waals surface area contributed by atoms with Crippen LogP contribution in [0.15, 0.2) is 52.8 Å². The summed E-state index contributed by atoms with van der Waals surface area (Å²) in [6.07, 6.45) is 1.16. The molecule has 0 spiro atoms. The third-order valence-electron chi connectivity index (χ3n) is 3.26. The number of hydrogen-bond donors (Lipinski definition) is 0. The van der Waals surface area contributed by atoms with Crippen LogP contribution in [0.1, 0.15) is 23.0 Å². The van der Waals surface area contributed by atoms with E-state index >= 15 is 0 Å². The Morgan fingerprint density at radius 1 is 1.36 bits per heavy atom. The minimum absolute atomic E-state index is 0.0512. The fourth-order valence-electron chi connectivity index (χ4n) is 2.18. The highest BCUT2D eigenvalue weighted by atomic mass is 19.1. The average molecular weight is 337 g/mol. The Morgan fingerprint density at radius 2 is 2.20 bits per heavy atom. The molecular weight excluding hydrogens is 325 g/mol. The molecule has 0 saturated heterocycles. The SMILES string of the molecule is CCOC(=O)c1nc2ccc(F)cn2c1N=Nc1cccc(C#N)c1. The van der Waals surface area contributed by atoms with Gasteiger partial charge < -0.3 is 4.74 Å². The second-order valence-corrected chi connectivity index (χ2v) is 4.94. The number of fused-ring (bicyclic) bond motifs is 1. The molecule has 124 valence electrons. The molecule has 1 aromatic carbocycles. The van der Waals surface area contributed by atoms with E-state index in [2.05, 4.69) is 15.2 Å². The molecule has 8 heteroatoms. The lowest BCUT2D eigenvalue weighted by molar-refractivity contribution is 0.0521. The van der Waals surface area contributed by atoms with Crippen molar-refractivity contribution in [1.82, 2.24) is 9.38 Å². The van der Waals surface area contributed by atoms with Crippen molar-refractivity contribution in [3.63, 3.8) is 0 Å². The Labute approximate surface area is 142 Å². The van der Waals surface area contributed by atoms with E-state index in [-0.39, 0.29) is 18.1 Å². The molecule has 7 nitrogen and oxygen atoms in total. The number of halogens is 1.